The van der Waals surface area contributed by atoms with Crippen molar-refractivity contribution in [1.29, 1.82) is 0 Å². The second kappa shape index (κ2) is 5.52. The number of methoxy groups -OCH3 is 1. The van der Waals surface area contributed by atoms with Crippen molar-refractivity contribution in [2.75, 3.05) is 12.4 Å². The summed E-state index contributed by atoms with van der Waals surface area (Å²) in [5.41, 5.74) is -0.729. The standard InChI is InChI=1S/C13H13ClF3NO2/c1-20-12(19)11(7-2-3-7)18-10-6-8(13(15,16)17)4-5-9(10)14/h4-7,11,18H,2-3H2,1H3. The fourth-order valence-electron chi connectivity index (χ4n) is 1.91. The van der Waals surface area contributed by atoms with Gasteiger partial charge in [-0.1, -0.05) is 11.6 Å². The summed E-state index contributed by atoms with van der Waals surface area (Å²) >= 11 is 5.88. The fraction of sp³-hybridized carbons (Fsp3) is 0.462. The molecule has 7 heteroatoms. The average molecular weight is 308 g/mol. The van der Waals surface area contributed by atoms with Crippen LogP contribution < -0.4 is 5.32 Å². The van der Waals surface area contributed by atoms with Crippen molar-refractivity contribution < 1.29 is 22.7 Å². The van der Waals surface area contributed by atoms with E-state index in [9.17, 15) is 18.0 Å². The highest BCUT2D eigenvalue weighted by Gasteiger charge is 2.38. The zero-order valence-corrected chi connectivity index (χ0v) is 11.4. The minimum Gasteiger partial charge on any atom is -0.467 e. The lowest BCUT2D eigenvalue weighted by molar-refractivity contribution is -0.142. The summed E-state index contributed by atoms with van der Waals surface area (Å²) in [7, 11) is 1.24. The number of nitrogens with one attached hydrogen (secondary N) is 1. The first-order valence-corrected chi connectivity index (χ1v) is 6.42. The van der Waals surface area contributed by atoms with E-state index < -0.39 is 23.8 Å². The van der Waals surface area contributed by atoms with Gasteiger partial charge in [-0.15, -0.1) is 0 Å². The number of benzene rings is 1. The molecule has 0 saturated heterocycles. The molecule has 1 aliphatic carbocycles. The molecule has 0 radical (unpaired) electrons. The van der Waals surface area contributed by atoms with E-state index in [4.69, 9.17) is 11.6 Å². The maximum Gasteiger partial charge on any atom is 0.416 e. The predicted molar refractivity (Wildman–Crippen MR) is 68.6 cm³/mol. The van der Waals surface area contributed by atoms with Gasteiger partial charge < -0.3 is 10.1 Å². The van der Waals surface area contributed by atoms with Gasteiger partial charge in [0, 0.05) is 0 Å². The molecule has 1 unspecified atom stereocenters. The number of alkyl halides is 3. The Hall–Kier alpha value is -1.43. The van der Waals surface area contributed by atoms with Crippen molar-refractivity contribution in [2.24, 2.45) is 5.92 Å². The Balaban J connectivity index is 2.25. The zero-order valence-electron chi connectivity index (χ0n) is 10.6. The molecular weight excluding hydrogens is 295 g/mol. The van der Waals surface area contributed by atoms with Crippen LogP contribution in [0.5, 0.6) is 0 Å². The molecule has 1 aromatic rings. The third-order valence-electron chi connectivity index (χ3n) is 3.15. The van der Waals surface area contributed by atoms with Crippen LogP contribution in [0.4, 0.5) is 18.9 Å². The van der Waals surface area contributed by atoms with Gasteiger partial charge in [-0.3, -0.25) is 0 Å². The van der Waals surface area contributed by atoms with Crippen molar-refractivity contribution in [2.45, 2.75) is 25.1 Å². The third-order valence-corrected chi connectivity index (χ3v) is 3.48. The van der Waals surface area contributed by atoms with Crippen molar-refractivity contribution in [3.05, 3.63) is 28.8 Å². The lowest BCUT2D eigenvalue weighted by atomic mass is 10.1. The molecule has 0 bridgehead atoms. The van der Waals surface area contributed by atoms with Gasteiger partial charge in [-0.25, -0.2) is 4.79 Å². The minimum absolute atomic E-state index is 0.0769. The van der Waals surface area contributed by atoms with E-state index in [-0.39, 0.29) is 16.6 Å². The maximum absolute atomic E-state index is 12.7. The molecule has 0 amide bonds. The van der Waals surface area contributed by atoms with Crippen LogP contribution in [0.2, 0.25) is 5.02 Å². The molecule has 0 aromatic heterocycles. The van der Waals surface area contributed by atoms with Gasteiger partial charge >= 0.3 is 12.1 Å². The Morgan fingerprint density at radius 2 is 2.10 bits per heavy atom. The van der Waals surface area contributed by atoms with Crippen LogP contribution >= 0.6 is 11.6 Å². The number of esters is 1. The average Bonchev–Trinajstić information content (AvgIpc) is 3.19. The molecule has 3 nitrogen and oxygen atoms in total. The summed E-state index contributed by atoms with van der Waals surface area (Å²) < 4.78 is 42.7. The van der Waals surface area contributed by atoms with Crippen molar-refractivity contribution in [3.63, 3.8) is 0 Å². The van der Waals surface area contributed by atoms with Crippen LogP contribution in [-0.4, -0.2) is 19.1 Å². The first-order valence-electron chi connectivity index (χ1n) is 6.04. The quantitative estimate of drug-likeness (QED) is 0.862. The Morgan fingerprint density at radius 3 is 2.60 bits per heavy atom. The van der Waals surface area contributed by atoms with E-state index in [1.165, 1.54) is 7.11 Å². The van der Waals surface area contributed by atoms with E-state index >= 15 is 0 Å². The lowest BCUT2D eigenvalue weighted by Gasteiger charge is -2.19. The number of hydrogen-bond donors (Lipinski definition) is 1. The highest BCUT2D eigenvalue weighted by Crippen LogP contribution is 2.38. The van der Waals surface area contributed by atoms with Crippen molar-refractivity contribution >= 4 is 23.3 Å². The predicted octanol–water partition coefficient (Wildman–Crippen LogP) is 3.72. The molecular formula is C13H13ClF3NO2. The van der Waals surface area contributed by atoms with Gasteiger partial charge in [0.1, 0.15) is 6.04 Å². The van der Waals surface area contributed by atoms with Crippen molar-refractivity contribution in [3.8, 4) is 0 Å². The van der Waals surface area contributed by atoms with Gasteiger partial charge in [0.25, 0.3) is 0 Å². The molecule has 1 N–H and O–H groups in total. The molecule has 1 fully saturated rings. The number of rotatable bonds is 4. The largest absolute Gasteiger partial charge is 0.467 e. The van der Waals surface area contributed by atoms with E-state index in [0.717, 1.165) is 31.0 Å². The highest BCUT2D eigenvalue weighted by molar-refractivity contribution is 6.33. The molecule has 1 aromatic carbocycles. The van der Waals surface area contributed by atoms with Crippen LogP contribution in [0, 0.1) is 5.92 Å². The summed E-state index contributed by atoms with van der Waals surface area (Å²) in [6.07, 6.45) is -2.78. The number of carbonyl (C=O) groups excluding carboxylic acids is 1. The van der Waals surface area contributed by atoms with Crippen LogP contribution in [0.25, 0.3) is 0 Å². The summed E-state index contributed by atoms with van der Waals surface area (Å²) in [6.45, 7) is 0. The Kier molecular flexibility index (Phi) is 4.13. The first-order chi connectivity index (χ1) is 9.32. The molecule has 1 atom stereocenters. The second-order valence-corrected chi connectivity index (χ2v) is 5.08. The molecule has 1 saturated carbocycles. The fourth-order valence-corrected chi connectivity index (χ4v) is 2.08. The zero-order chi connectivity index (χ0) is 14.9. The Morgan fingerprint density at radius 1 is 1.45 bits per heavy atom. The second-order valence-electron chi connectivity index (χ2n) is 4.67. The third kappa shape index (κ3) is 3.36. The first kappa shape index (κ1) is 15.0. The van der Waals surface area contributed by atoms with E-state index in [1.807, 2.05) is 0 Å². The van der Waals surface area contributed by atoms with Crippen LogP contribution in [0.15, 0.2) is 18.2 Å². The number of hydrogen-bond acceptors (Lipinski definition) is 3. The van der Waals surface area contributed by atoms with E-state index in [0.29, 0.717) is 0 Å². The molecule has 20 heavy (non-hydrogen) atoms. The van der Waals surface area contributed by atoms with Gasteiger partial charge in [0.15, 0.2) is 0 Å². The molecule has 0 spiro atoms. The Bertz CT molecular complexity index is 515. The van der Waals surface area contributed by atoms with Crippen LogP contribution in [-0.2, 0) is 15.7 Å². The number of ether oxygens (including phenoxy) is 1. The maximum atomic E-state index is 12.7. The van der Waals surface area contributed by atoms with E-state index in [1.54, 1.807) is 0 Å². The van der Waals surface area contributed by atoms with Gasteiger partial charge in [0.05, 0.1) is 23.4 Å². The monoisotopic (exact) mass is 307 g/mol. The summed E-state index contributed by atoms with van der Waals surface area (Å²) in [5.74, 6) is -0.422. The Labute approximate surface area is 119 Å². The molecule has 1 aliphatic rings. The summed E-state index contributed by atoms with van der Waals surface area (Å²) in [6, 6.07) is 2.30. The number of halogens is 4. The SMILES string of the molecule is COC(=O)C(Nc1cc(C(F)(F)F)ccc1Cl)C1CC1. The minimum atomic E-state index is -4.46. The van der Waals surface area contributed by atoms with Crippen molar-refractivity contribution in [1.82, 2.24) is 0 Å². The van der Waals surface area contributed by atoms with Gasteiger partial charge in [0.2, 0.25) is 0 Å². The molecule has 2 rings (SSSR count). The topological polar surface area (TPSA) is 38.3 Å². The highest BCUT2D eigenvalue weighted by atomic mass is 35.5. The molecule has 0 aliphatic heterocycles. The summed E-state index contributed by atoms with van der Waals surface area (Å²) in [5, 5.41) is 2.90. The molecule has 0 heterocycles. The van der Waals surface area contributed by atoms with Gasteiger partial charge in [-0.05, 0) is 37.0 Å². The normalized spacial score (nSPS) is 16.6. The number of carbonyl (C=O) groups is 1. The van der Waals surface area contributed by atoms with Gasteiger partial charge in [-0.2, -0.15) is 13.2 Å². The van der Waals surface area contributed by atoms with E-state index in [2.05, 4.69) is 10.1 Å². The lowest BCUT2D eigenvalue weighted by Crippen LogP contribution is -2.32. The van der Waals surface area contributed by atoms with Crippen LogP contribution in [0.1, 0.15) is 18.4 Å². The number of anilines is 1. The summed E-state index contributed by atoms with van der Waals surface area (Å²) in [4.78, 5) is 11.6. The smallest absolute Gasteiger partial charge is 0.416 e. The van der Waals surface area contributed by atoms with Crippen LogP contribution in [0.3, 0.4) is 0 Å². The molecule has 110 valence electrons.